The predicted octanol–water partition coefficient (Wildman–Crippen LogP) is 2.21. The fraction of sp³-hybridized carbons (Fsp3) is 0.467. The van der Waals surface area contributed by atoms with Crippen molar-refractivity contribution in [1.82, 2.24) is 10.2 Å². The summed E-state index contributed by atoms with van der Waals surface area (Å²) in [5, 5.41) is 2.72. The average molecular weight is 344 g/mol. The molecule has 1 aromatic rings. The van der Waals surface area contributed by atoms with Crippen molar-refractivity contribution in [2.45, 2.75) is 24.6 Å². The second kappa shape index (κ2) is 6.07. The van der Waals surface area contributed by atoms with Crippen molar-refractivity contribution in [3.8, 4) is 0 Å². The lowest BCUT2D eigenvalue weighted by Crippen LogP contribution is -2.39. The Morgan fingerprint density at radius 1 is 1.35 bits per heavy atom. The van der Waals surface area contributed by atoms with Crippen LogP contribution >= 0.6 is 11.8 Å². The molecule has 3 rings (SSSR count). The summed E-state index contributed by atoms with van der Waals surface area (Å²) in [7, 11) is 0. The first-order chi connectivity index (χ1) is 10.9. The number of carbonyl (C=O) groups excluding carboxylic acids is 2. The zero-order valence-corrected chi connectivity index (χ0v) is 12.9. The van der Waals surface area contributed by atoms with Gasteiger partial charge < -0.3 is 10.2 Å². The number of hydrogen-bond acceptors (Lipinski definition) is 3. The van der Waals surface area contributed by atoms with Crippen LogP contribution in [0.1, 0.15) is 23.5 Å². The van der Waals surface area contributed by atoms with Crippen LogP contribution in [-0.2, 0) is 15.8 Å². The maximum atomic E-state index is 13.0. The zero-order chi connectivity index (χ0) is 16.6. The fourth-order valence-electron chi connectivity index (χ4n) is 2.74. The third-order valence-electron chi connectivity index (χ3n) is 3.96. The number of nitrogens with one attached hydrogen (secondary N) is 1. The smallest absolute Gasteiger partial charge is 0.351 e. The molecule has 1 aromatic carbocycles. The van der Waals surface area contributed by atoms with Gasteiger partial charge in [-0.05, 0) is 18.1 Å². The van der Waals surface area contributed by atoms with Gasteiger partial charge in [-0.25, -0.2) is 0 Å². The molecule has 0 aromatic heterocycles. The highest BCUT2D eigenvalue weighted by Gasteiger charge is 2.45. The molecule has 0 radical (unpaired) electrons. The van der Waals surface area contributed by atoms with Crippen LogP contribution in [0.25, 0.3) is 0 Å². The molecule has 1 aliphatic carbocycles. The number of thioether (sulfide) groups is 1. The molecule has 4 nitrogen and oxygen atoms in total. The molecule has 1 heterocycles. The standard InChI is InChI=1S/C15H15F3N2O2S/c16-15(17,18)11-4-2-1-3-9(11)10-5-12(10)19-13(21)6-20-8-23-7-14(20)22/h1-4,10,12H,5-8H2,(H,19,21)/t10-,12+/m0/s1. The van der Waals surface area contributed by atoms with E-state index >= 15 is 0 Å². The van der Waals surface area contributed by atoms with Crippen molar-refractivity contribution in [3.05, 3.63) is 35.4 Å². The van der Waals surface area contributed by atoms with E-state index in [2.05, 4.69) is 5.32 Å². The largest absolute Gasteiger partial charge is 0.416 e. The number of hydrogen-bond donors (Lipinski definition) is 1. The van der Waals surface area contributed by atoms with E-state index < -0.39 is 11.7 Å². The number of alkyl halides is 3. The van der Waals surface area contributed by atoms with Gasteiger partial charge in [-0.1, -0.05) is 18.2 Å². The number of benzene rings is 1. The van der Waals surface area contributed by atoms with E-state index in [0.29, 0.717) is 18.1 Å². The maximum Gasteiger partial charge on any atom is 0.416 e. The summed E-state index contributed by atoms with van der Waals surface area (Å²) in [6.45, 7) is -0.0318. The number of halogens is 3. The highest BCUT2D eigenvalue weighted by atomic mass is 32.2. The summed E-state index contributed by atoms with van der Waals surface area (Å²) < 4.78 is 39.0. The highest BCUT2D eigenvalue weighted by Crippen LogP contribution is 2.46. The third-order valence-corrected chi connectivity index (χ3v) is 4.91. The number of amides is 2. The molecular weight excluding hydrogens is 329 g/mol. The molecule has 124 valence electrons. The van der Waals surface area contributed by atoms with E-state index in [4.69, 9.17) is 0 Å². The van der Waals surface area contributed by atoms with Crippen LogP contribution in [-0.4, -0.2) is 40.9 Å². The van der Waals surface area contributed by atoms with Crippen LogP contribution in [0.4, 0.5) is 13.2 Å². The SMILES string of the molecule is O=C(CN1CSCC1=O)N[C@@H]1C[C@H]1c1ccccc1C(F)(F)F. The van der Waals surface area contributed by atoms with Gasteiger partial charge in [0.1, 0.15) is 6.54 Å². The summed E-state index contributed by atoms with van der Waals surface area (Å²) >= 11 is 1.44. The van der Waals surface area contributed by atoms with Crippen LogP contribution < -0.4 is 5.32 Å². The van der Waals surface area contributed by atoms with Crippen molar-refractivity contribution >= 4 is 23.6 Å². The second-order valence-corrected chi connectivity index (χ2v) is 6.63. The average Bonchev–Trinajstić information content (AvgIpc) is 3.13. The molecule has 1 N–H and O–H groups in total. The molecule has 23 heavy (non-hydrogen) atoms. The molecule has 2 aliphatic rings. The first-order valence-corrected chi connectivity index (χ1v) is 8.32. The topological polar surface area (TPSA) is 49.4 Å². The predicted molar refractivity (Wildman–Crippen MR) is 79.8 cm³/mol. The molecule has 0 bridgehead atoms. The minimum atomic E-state index is -4.40. The number of rotatable bonds is 4. The normalized spacial score (nSPS) is 24.0. The number of carbonyl (C=O) groups is 2. The lowest BCUT2D eigenvalue weighted by molar-refractivity contribution is -0.138. The van der Waals surface area contributed by atoms with Gasteiger partial charge in [0.05, 0.1) is 17.2 Å². The van der Waals surface area contributed by atoms with E-state index in [9.17, 15) is 22.8 Å². The van der Waals surface area contributed by atoms with E-state index in [1.807, 2.05) is 0 Å². The molecule has 1 saturated carbocycles. The van der Waals surface area contributed by atoms with Gasteiger partial charge in [0.25, 0.3) is 0 Å². The van der Waals surface area contributed by atoms with Crippen molar-refractivity contribution < 1.29 is 22.8 Å². The Bertz CT molecular complexity index is 635. The summed E-state index contributed by atoms with van der Waals surface area (Å²) in [5.74, 6) is 0.133. The van der Waals surface area contributed by atoms with Gasteiger partial charge in [0.15, 0.2) is 0 Å². The van der Waals surface area contributed by atoms with Crippen LogP contribution in [0.3, 0.4) is 0 Å². The van der Waals surface area contributed by atoms with Crippen molar-refractivity contribution in [1.29, 1.82) is 0 Å². The van der Waals surface area contributed by atoms with Gasteiger partial charge in [-0.15, -0.1) is 11.8 Å². The van der Waals surface area contributed by atoms with Crippen LogP contribution in [0, 0.1) is 0 Å². The monoisotopic (exact) mass is 344 g/mol. The van der Waals surface area contributed by atoms with Crippen LogP contribution in [0.5, 0.6) is 0 Å². The Morgan fingerprint density at radius 3 is 2.74 bits per heavy atom. The molecule has 0 unspecified atom stereocenters. The zero-order valence-electron chi connectivity index (χ0n) is 12.1. The Morgan fingerprint density at radius 2 is 2.09 bits per heavy atom. The Hall–Kier alpha value is -1.70. The second-order valence-electron chi connectivity index (χ2n) is 5.67. The van der Waals surface area contributed by atoms with E-state index in [1.165, 1.54) is 28.8 Å². The minimum absolute atomic E-state index is 0.0318. The molecule has 2 amide bonds. The summed E-state index contributed by atoms with van der Waals surface area (Å²) in [5.41, 5.74) is -0.425. The summed E-state index contributed by atoms with van der Waals surface area (Å²) in [6.07, 6.45) is -3.91. The molecule has 8 heteroatoms. The third kappa shape index (κ3) is 3.63. The minimum Gasteiger partial charge on any atom is -0.351 e. The van der Waals surface area contributed by atoms with Crippen LogP contribution in [0.2, 0.25) is 0 Å². The lowest BCUT2D eigenvalue weighted by atomic mass is 10.0. The highest BCUT2D eigenvalue weighted by molar-refractivity contribution is 8.00. The summed E-state index contributed by atoms with van der Waals surface area (Å²) in [6, 6.07) is 5.16. The fourth-order valence-corrected chi connectivity index (χ4v) is 3.65. The molecule has 2 atom stereocenters. The van der Waals surface area contributed by atoms with Crippen molar-refractivity contribution in [2.24, 2.45) is 0 Å². The van der Waals surface area contributed by atoms with Gasteiger partial charge >= 0.3 is 6.18 Å². The Balaban J connectivity index is 1.60. The molecule has 0 spiro atoms. The molecule has 1 saturated heterocycles. The van der Waals surface area contributed by atoms with Gasteiger partial charge in [0.2, 0.25) is 11.8 Å². The lowest BCUT2D eigenvalue weighted by Gasteiger charge is -2.15. The van der Waals surface area contributed by atoms with E-state index in [1.54, 1.807) is 6.07 Å². The van der Waals surface area contributed by atoms with Gasteiger partial charge in [-0.3, -0.25) is 9.59 Å². The first kappa shape index (κ1) is 16.2. The Labute approximate surface area is 135 Å². The van der Waals surface area contributed by atoms with Crippen molar-refractivity contribution in [2.75, 3.05) is 18.2 Å². The first-order valence-electron chi connectivity index (χ1n) is 7.17. The Kier molecular flexibility index (Phi) is 4.27. The maximum absolute atomic E-state index is 13.0. The van der Waals surface area contributed by atoms with Gasteiger partial charge in [0, 0.05) is 12.0 Å². The molecular formula is C15H15F3N2O2S. The molecule has 1 aliphatic heterocycles. The molecule has 2 fully saturated rings. The number of nitrogens with zero attached hydrogens (tertiary/aromatic N) is 1. The summed E-state index contributed by atoms with van der Waals surface area (Å²) in [4.78, 5) is 24.8. The van der Waals surface area contributed by atoms with E-state index in [0.717, 1.165) is 6.07 Å². The quantitative estimate of drug-likeness (QED) is 0.911. The van der Waals surface area contributed by atoms with Gasteiger partial charge in [-0.2, -0.15) is 13.2 Å². The van der Waals surface area contributed by atoms with E-state index in [-0.39, 0.29) is 35.9 Å². The van der Waals surface area contributed by atoms with Crippen LogP contribution in [0.15, 0.2) is 24.3 Å². The van der Waals surface area contributed by atoms with Crippen molar-refractivity contribution in [3.63, 3.8) is 0 Å².